The van der Waals surface area contributed by atoms with Crippen molar-refractivity contribution in [3.8, 4) is 0 Å². The normalized spacial score (nSPS) is 25.6. The molecule has 0 bridgehead atoms. The summed E-state index contributed by atoms with van der Waals surface area (Å²) in [5.41, 5.74) is 0. The number of rotatable bonds is 9. The fourth-order valence-corrected chi connectivity index (χ4v) is 4.16. The lowest BCUT2D eigenvalue weighted by molar-refractivity contribution is 0.210. The lowest BCUT2D eigenvalue weighted by Gasteiger charge is -2.34. The van der Waals surface area contributed by atoms with Crippen LogP contribution in [0.5, 0.6) is 0 Å². The van der Waals surface area contributed by atoms with Gasteiger partial charge in [-0.15, -0.1) is 0 Å². The molecule has 0 heterocycles. The summed E-state index contributed by atoms with van der Waals surface area (Å²) in [5, 5.41) is 3.52. The van der Waals surface area contributed by atoms with Crippen molar-refractivity contribution < 1.29 is 8.42 Å². The predicted molar refractivity (Wildman–Crippen MR) is 86.8 cm³/mol. The van der Waals surface area contributed by atoms with E-state index in [4.69, 9.17) is 0 Å². The number of sulfone groups is 1. The quantitative estimate of drug-likeness (QED) is 0.710. The zero-order chi connectivity index (χ0) is 15.0. The third-order valence-electron chi connectivity index (χ3n) is 4.69. The minimum absolute atomic E-state index is 0.320. The molecule has 3 nitrogen and oxygen atoms in total. The number of unbranched alkanes of at least 4 members (excludes halogenated alkanes) is 1. The Balaban J connectivity index is 2.41. The molecule has 0 aromatic carbocycles. The Morgan fingerprint density at radius 2 is 1.80 bits per heavy atom. The molecule has 1 aliphatic rings. The second-order valence-corrected chi connectivity index (χ2v) is 8.77. The van der Waals surface area contributed by atoms with Gasteiger partial charge in [-0.3, -0.25) is 0 Å². The van der Waals surface area contributed by atoms with Gasteiger partial charge in [-0.05, 0) is 37.6 Å². The second-order valence-electron chi connectivity index (χ2n) is 6.51. The van der Waals surface area contributed by atoms with Crippen molar-refractivity contribution in [2.45, 2.75) is 71.3 Å². The lowest BCUT2D eigenvalue weighted by Crippen LogP contribution is -2.39. The first-order chi connectivity index (χ1) is 9.46. The van der Waals surface area contributed by atoms with Crippen LogP contribution in [0, 0.1) is 11.8 Å². The summed E-state index contributed by atoms with van der Waals surface area (Å²) >= 11 is 0. The van der Waals surface area contributed by atoms with E-state index >= 15 is 0 Å². The van der Waals surface area contributed by atoms with Crippen molar-refractivity contribution in [1.82, 2.24) is 5.32 Å². The molecular formula is C16H33NO2S. The van der Waals surface area contributed by atoms with Gasteiger partial charge in [0.25, 0.3) is 0 Å². The summed E-state index contributed by atoms with van der Waals surface area (Å²) in [7, 11) is -2.84. The first-order valence-electron chi connectivity index (χ1n) is 8.37. The summed E-state index contributed by atoms with van der Waals surface area (Å²) < 4.78 is 22.7. The molecule has 0 aromatic heterocycles. The Morgan fingerprint density at radius 3 is 2.30 bits per heavy atom. The molecule has 4 heteroatoms. The van der Waals surface area contributed by atoms with Crippen molar-refractivity contribution in [3.63, 3.8) is 0 Å². The molecule has 0 amide bonds. The number of hydrogen-bond acceptors (Lipinski definition) is 3. The summed E-state index contributed by atoms with van der Waals surface area (Å²) in [6, 6.07) is 0.391. The molecule has 1 atom stereocenters. The molecule has 0 aromatic rings. The summed E-state index contributed by atoms with van der Waals surface area (Å²) in [6.07, 6.45) is 11.4. The topological polar surface area (TPSA) is 46.2 Å². The van der Waals surface area contributed by atoms with Crippen LogP contribution >= 0.6 is 0 Å². The maximum Gasteiger partial charge on any atom is 0.147 e. The Bertz CT molecular complexity index is 345. The van der Waals surface area contributed by atoms with E-state index in [1.54, 1.807) is 0 Å². The van der Waals surface area contributed by atoms with E-state index in [0.29, 0.717) is 17.7 Å². The van der Waals surface area contributed by atoms with E-state index < -0.39 is 9.84 Å². The molecule has 1 unspecified atom stereocenters. The molecule has 0 saturated heterocycles. The Kier molecular flexibility index (Phi) is 8.11. The monoisotopic (exact) mass is 303 g/mol. The van der Waals surface area contributed by atoms with E-state index in [0.717, 1.165) is 18.9 Å². The third kappa shape index (κ3) is 7.07. The Hall–Kier alpha value is -0.0900. The first-order valence-corrected chi connectivity index (χ1v) is 10.4. The molecule has 1 saturated carbocycles. The van der Waals surface area contributed by atoms with Crippen molar-refractivity contribution in [2.75, 3.05) is 18.6 Å². The van der Waals surface area contributed by atoms with Crippen LogP contribution in [-0.2, 0) is 9.84 Å². The van der Waals surface area contributed by atoms with Crippen molar-refractivity contribution in [1.29, 1.82) is 0 Å². The zero-order valence-corrected chi connectivity index (χ0v) is 14.3. The van der Waals surface area contributed by atoms with Crippen molar-refractivity contribution in [3.05, 3.63) is 0 Å². The van der Waals surface area contributed by atoms with Gasteiger partial charge in [-0.1, -0.05) is 46.0 Å². The highest BCUT2D eigenvalue weighted by atomic mass is 32.2. The van der Waals surface area contributed by atoms with E-state index in [1.807, 2.05) is 0 Å². The van der Waals surface area contributed by atoms with Crippen LogP contribution in [0.4, 0.5) is 0 Å². The molecule has 1 fully saturated rings. The highest BCUT2D eigenvalue weighted by molar-refractivity contribution is 7.90. The number of hydrogen-bond donors (Lipinski definition) is 1. The molecule has 0 spiro atoms. The van der Waals surface area contributed by atoms with Gasteiger partial charge >= 0.3 is 0 Å². The Morgan fingerprint density at radius 1 is 1.15 bits per heavy atom. The minimum atomic E-state index is -2.84. The minimum Gasteiger partial charge on any atom is -0.314 e. The maximum atomic E-state index is 11.4. The highest BCUT2D eigenvalue weighted by Gasteiger charge is 2.27. The van der Waals surface area contributed by atoms with Crippen molar-refractivity contribution >= 4 is 9.84 Å². The second kappa shape index (κ2) is 9.04. The SMILES string of the molecule is CCCCC1CCC(C(CCS(C)(=O)=O)NCC)CC1. The van der Waals surface area contributed by atoms with Gasteiger partial charge in [0, 0.05) is 12.3 Å². The average Bonchev–Trinajstić information content (AvgIpc) is 2.41. The van der Waals surface area contributed by atoms with Crippen LogP contribution in [0.1, 0.15) is 65.2 Å². The maximum absolute atomic E-state index is 11.4. The van der Waals surface area contributed by atoms with Gasteiger partial charge in [-0.25, -0.2) is 8.42 Å². The van der Waals surface area contributed by atoms with Crippen LogP contribution < -0.4 is 5.32 Å². The highest BCUT2D eigenvalue weighted by Crippen LogP contribution is 2.34. The Labute approximate surface area is 125 Å². The molecule has 0 aliphatic heterocycles. The lowest BCUT2D eigenvalue weighted by atomic mass is 9.76. The molecule has 0 radical (unpaired) electrons. The molecule has 20 heavy (non-hydrogen) atoms. The van der Waals surface area contributed by atoms with E-state index in [2.05, 4.69) is 19.2 Å². The largest absolute Gasteiger partial charge is 0.314 e. The average molecular weight is 304 g/mol. The summed E-state index contributed by atoms with van der Waals surface area (Å²) in [5.74, 6) is 1.92. The molecule has 1 rings (SSSR count). The molecule has 1 N–H and O–H groups in total. The first kappa shape index (κ1) is 18.0. The van der Waals surface area contributed by atoms with Crippen LogP contribution in [0.25, 0.3) is 0 Å². The third-order valence-corrected chi connectivity index (χ3v) is 5.67. The van der Waals surface area contributed by atoms with Crippen LogP contribution in [0.2, 0.25) is 0 Å². The summed E-state index contributed by atoms with van der Waals surface area (Å²) in [4.78, 5) is 0. The molecule has 120 valence electrons. The van der Waals surface area contributed by atoms with E-state index in [9.17, 15) is 8.42 Å². The van der Waals surface area contributed by atoms with Gasteiger partial charge in [0.15, 0.2) is 0 Å². The molecular weight excluding hydrogens is 270 g/mol. The number of nitrogens with one attached hydrogen (secondary N) is 1. The van der Waals surface area contributed by atoms with Crippen LogP contribution in [0.15, 0.2) is 0 Å². The fraction of sp³-hybridized carbons (Fsp3) is 1.00. The standard InChI is InChI=1S/C16H33NO2S/c1-4-6-7-14-8-10-15(11-9-14)16(17-5-2)12-13-20(3,18)19/h14-17H,4-13H2,1-3H3. The van der Waals surface area contributed by atoms with E-state index in [1.165, 1.54) is 51.2 Å². The van der Waals surface area contributed by atoms with Gasteiger partial charge in [0.2, 0.25) is 0 Å². The fourth-order valence-electron chi connectivity index (χ4n) is 3.48. The van der Waals surface area contributed by atoms with E-state index in [-0.39, 0.29) is 0 Å². The van der Waals surface area contributed by atoms with Gasteiger partial charge in [0.05, 0.1) is 5.75 Å². The van der Waals surface area contributed by atoms with Crippen LogP contribution in [0.3, 0.4) is 0 Å². The zero-order valence-electron chi connectivity index (χ0n) is 13.5. The summed E-state index contributed by atoms with van der Waals surface area (Å²) in [6.45, 7) is 5.31. The van der Waals surface area contributed by atoms with Crippen LogP contribution in [-0.4, -0.2) is 33.0 Å². The predicted octanol–water partition coefficient (Wildman–Crippen LogP) is 3.40. The van der Waals surface area contributed by atoms with Gasteiger partial charge in [-0.2, -0.15) is 0 Å². The smallest absolute Gasteiger partial charge is 0.147 e. The van der Waals surface area contributed by atoms with Crippen molar-refractivity contribution in [2.24, 2.45) is 11.8 Å². The van der Waals surface area contributed by atoms with Gasteiger partial charge in [0.1, 0.15) is 9.84 Å². The van der Waals surface area contributed by atoms with Gasteiger partial charge < -0.3 is 5.32 Å². The molecule has 1 aliphatic carbocycles.